The van der Waals surface area contributed by atoms with Gasteiger partial charge in [0, 0.05) is 44.4 Å². The summed E-state index contributed by atoms with van der Waals surface area (Å²) in [5, 5.41) is 6.62. The van der Waals surface area contributed by atoms with Gasteiger partial charge in [-0.25, -0.2) is 0 Å². The Morgan fingerprint density at radius 1 is 1.07 bits per heavy atom. The summed E-state index contributed by atoms with van der Waals surface area (Å²) in [6, 6.07) is 16.1. The predicted octanol–water partition coefficient (Wildman–Crippen LogP) is 3.70. The topological polar surface area (TPSA) is 66.0 Å². The van der Waals surface area contributed by atoms with E-state index in [9.17, 15) is 4.79 Å². The number of benzene rings is 2. The normalized spacial score (nSPS) is 14.2. The Morgan fingerprint density at radius 3 is 2.48 bits per heavy atom. The van der Waals surface area contributed by atoms with E-state index in [-0.39, 0.29) is 29.9 Å². The van der Waals surface area contributed by atoms with Crippen LogP contribution in [0.5, 0.6) is 5.75 Å². The van der Waals surface area contributed by atoms with Crippen LogP contribution in [-0.2, 0) is 17.9 Å². The Bertz CT molecular complexity index is 824. The fourth-order valence-corrected chi connectivity index (χ4v) is 3.31. The molecule has 2 aromatic carbocycles. The van der Waals surface area contributed by atoms with Crippen molar-refractivity contribution in [3.63, 3.8) is 0 Å². The lowest BCUT2D eigenvalue weighted by atomic mass is 10.1. The summed E-state index contributed by atoms with van der Waals surface area (Å²) in [6.07, 6.45) is 2.72. The molecule has 0 aliphatic carbocycles. The first-order valence-electron chi connectivity index (χ1n) is 9.67. The van der Waals surface area contributed by atoms with E-state index in [1.165, 1.54) is 0 Å². The van der Waals surface area contributed by atoms with Gasteiger partial charge in [-0.1, -0.05) is 30.3 Å². The Hall–Kier alpha value is -2.29. The molecular weight excluding hydrogens is 479 g/mol. The third-order valence-corrected chi connectivity index (χ3v) is 4.89. The van der Waals surface area contributed by atoms with E-state index in [2.05, 4.69) is 27.8 Å². The zero-order valence-corrected chi connectivity index (χ0v) is 19.3. The highest BCUT2D eigenvalue weighted by Crippen LogP contribution is 2.21. The summed E-state index contributed by atoms with van der Waals surface area (Å²) in [4.78, 5) is 18.2. The predicted molar refractivity (Wildman–Crippen MR) is 128 cm³/mol. The second-order valence-corrected chi connectivity index (χ2v) is 6.76. The van der Waals surface area contributed by atoms with E-state index < -0.39 is 0 Å². The molecule has 3 rings (SSSR count). The van der Waals surface area contributed by atoms with Crippen LogP contribution in [0, 0.1) is 0 Å². The molecule has 1 amide bonds. The number of halogens is 1. The second-order valence-electron chi connectivity index (χ2n) is 6.76. The number of hydrogen-bond acceptors (Lipinski definition) is 3. The molecule has 2 aromatic rings. The van der Waals surface area contributed by atoms with Crippen LogP contribution in [0.1, 0.15) is 30.4 Å². The third kappa shape index (κ3) is 6.35. The smallest absolute Gasteiger partial charge is 0.226 e. The number of anilines is 1. The number of nitrogens with zero attached hydrogens (tertiary/aromatic N) is 2. The van der Waals surface area contributed by atoms with Crippen molar-refractivity contribution in [1.82, 2.24) is 10.6 Å². The molecule has 0 bridgehead atoms. The number of carbonyl (C=O) groups excluding carboxylic acids is 1. The van der Waals surface area contributed by atoms with Crippen LogP contribution in [0.3, 0.4) is 0 Å². The van der Waals surface area contributed by atoms with E-state index >= 15 is 0 Å². The fraction of sp³-hybridized carbons (Fsp3) is 0.364. The van der Waals surface area contributed by atoms with Gasteiger partial charge in [0.25, 0.3) is 0 Å². The number of para-hydroxylation sites is 1. The van der Waals surface area contributed by atoms with Gasteiger partial charge >= 0.3 is 0 Å². The minimum atomic E-state index is 0. The molecule has 2 N–H and O–H groups in total. The number of hydrogen-bond donors (Lipinski definition) is 2. The maximum absolute atomic E-state index is 12.0. The average Bonchev–Trinajstić information content (AvgIpc) is 2.75. The highest BCUT2D eigenvalue weighted by atomic mass is 127. The Labute approximate surface area is 189 Å². The fourth-order valence-electron chi connectivity index (χ4n) is 3.31. The SMILES string of the molecule is CN=C(NCc1ccc(N2CCCCC2=O)cc1)NCc1ccccc1OC.I. The van der Waals surface area contributed by atoms with E-state index in [1.54, 1.807) is 14.2 Å². The van der Waals surface area contributed by atoms with Crippen molar-refractivity contribution >= 4 is 41.5 Å². The van der Waals surface area contributed by atoms with Crippen LogP contribution in [0.15, 0.2) is 53.5 Å². The van der Waals surface area contributed by atoms with Crippen molar-refractivity contribution in [2.45, 2.75) is 32.4 Å². The number of rotatable bonds is 6. The summed E-state index contributed by atoms with van der Waals surface area (Å²) >= 11 is 0. The second kappa shape index (κ2) is 11.6. The van der Waals surface area contributed by atoms with Crippen LogP contribution >= 0.6 is 24.0 Å². The van der Waals surface area contributed by atoms with Crippen molar-refractivity contribution in [2.75, 3.05) is 25.6 Å². The molecule has 156 valence electrons. The van der Waals surface area contributed by atoms with E-state index in [0.29, 0.717) is 19.5 Å². The number of ether oxygens (including phenoxy) is 1. The maximum atomic E-state index is 12.0. The number of nitrogens with one attached hydrogen (secondary N) is 2. The van der Waals surface area contributed by atoms with Crippen LogP contribution in [0.4, 0.5) is 5.69 Å². The molecule has 1 aliphatic rings. The Morgan fingerprint density at radius 2 is 1.79 bits per heavy atom. The minimum absolute atomic E-state index is 0. The summed E-state index contributed by atoms with van der Waals surface area (Å²) < 4.78 is 5.38. The minimum Gasteiger partial charge on any atom is -0.496 e. The van der Waals surface area contributed by atoms with Crippen LogP contribution < -0.4 is 20.3 Å². The van der Waals surface area contributed by atoms with Gasteiger partial charge in [0.2, 0.25) is 5.91 Å². The zero-order chi connectivity index (χ0) is 19.8. The Balaban J connectivity index is 0.00000300. The summed E-state index contributed by atoms with van der Waals surface area (Å²) in [5.74, 6) is 1.80. The number of aliphatic imine (C=N–C) groups is 1. The molecule has 0 radical (unpaired) electrons. The van der Waals surface area contributed by atoms with Gasteiger partial charge < -0.3 is 20.3 Å². The van der Waals surface area contributed by atoms with Gasteiger partial charge in [0.15, 0.2) is 5.96 Å². The van der Waals surface area contributed by atoms with Gasteiger partial charge in [-0.15, -0.1) is 24.0 Å². The molecule has 1 fully saturated rings. The lowest BCUT2D eigenvalue weighted by molar-refractivity contribution is -0.119. The largest absolute Gasteiger partial charge is 0.496 e. The zero-order valence-electron chi connectivity index (χ0n) is 17.0. The summed E-state index contributed by atoms with van der Waals surface area (Å²) in [5.41, 5.74) is 3.18. The van der Waals surface area contributed by atoms with Crippen molar-refractivity contribution in [2.24, 2.45) is 4.99 Å². The Kier molecular flexibility index (Phi) is 9.24. The first-order valence-corrected chi connectivity index (χ1v) is 9.67. The molecule has 7 heteroatoms. The molecule has 0 saturated carbocycles. The van der Waals surface area contributed by atoms with Crippen molar-refractivity contribution in [3.8, 4) is 5.75 Å². The molecule has 1 aliphatic heterocycles. The quantitative estimate of drug-likeness (QED) is 0.355. The van der Waals surface area contributed by atoms with Gasteiger partial charge in [-0.05, 0) is 36.6 Å². The van der Waals surface area contributed by atoms with Gasteiger partial charge in [0.1, 0.15) is 5.75 Å². The number of piperidine rings is 1. The first-order chi connectivity index (χ1) is 13.7. The lowest BCUT2D eigenvalue weighted by Gasteiger charge is -2.26. The molecular formula is C22H29IN4O2. The monoisotopic (exact) mass is 508 g/mol. The van der Waals surface area contributed by atoms with Crippen molar-refractivity contribution in [3.05, 3.63) is 59.7 Å². The van der Waals surface area contributed by atoms with Crippen LogP contribution in [0.25, 0.3) is 0 Å². The number of carbonyl (C=O) groups is 1. The molecule has 6 nitrogen and oxygen atoms in total. The van der Waals surface area contributed by atoms with E-state index in [4.69, 9.17) is 4.74 Å². The number of amides is 1. The van der Waals surface area contributed by atoms with E-state index in [1.807, 2.05) is 41.3 Å². The standard InChI is InChI=1S/C22H28N4O2.HI/c1-23-22(25-16-18-7-3-4-8-20(18)28-2)24-15-17-10-12-19(13-11-17)26-14-6-5-9-21(26)27;/h3-4,7-8,10-13H,5-6,9,14-16H2,1-2H3,(H2,23,24,25);1H. The number of guanidine groups is 1. The molecule has 1 saturated heterocycles. The maximum Gasteiger partial charge on any atom is 0.226 e. The highest BCUT2D eigenvalue weighted by Gasteiger charge is 2.19. The highest BCUT2D eigenvalue weighted by molar-refractivity contribution is 14.0. The molecule has 0 atom stereocenters. The third-order valence-electron chi connectivity index (χ3n) is 4.89. The van der Waals surface area contributed by atoms with Gasteiger partial charge in [-0.2, -0.15) is 0 Å². The molecule has 0 unspecified atom stereocenters. The molecule has 0 aromatic heterocycles. The summed E-state index contributed by atoms with van der Waals surface area (Å²) in [6.45, 7) is 2.09. The van der Waals surface area contributed by atoms with E-state index in [0.717, 1.165) is 47.9 Å². The average molecular weight is 508 g/mol. The van der Waals surface area contributed by atoms with Crippen LogP contribution in [0.2, 0.25) is 0 Å². The molecule has 0 spiro atoms. The number of methoxy groups -OCH3 is 1. The lowest BCUT2D eigenvalue weighted by Crippen LogP contribution is -2.36. The van der Waals surface area contributed by atoms with Crippen LogP contribution in [-0.4, -0.2) is 32.6 Å². The van der Waals surface area contributed by atoms with Gasteiger partial charge in [0.05, 0.1) is 7.11 Å². The van der Waals surface area contributed by atoms with Crippen molar-refractivity contribution in [1.29, 1.82) is 0 Å². The molecule has 29 heavy (non-hydrogen) atoms. The van der Waals surface area contributed by atoms with Gasteiger partial charge in [-0.3, -0.25) is 9.79 Å². The summed E-state index contributed by atoms with van der Waals surface area (Å²) in [7, 11) is 3.43. The first kappa shape index (κ1) is 23.0. The molecule has 1 heterocycles. The van der Waals surface area contributed by atoms with Crippen molar-refractivity contribution < 1.29 is 9.53 Å².